The molecule has 0 aromatic carbocycles. The number of phosphoric acid groups is 1. The molecule has 0 saturated carbocycles. The number of quaternary nitrogens is 1. The van der Waals surface area contributed by atoms with Gasteiger partial charge in [-0.2, -0.15) is 0 Å². The molecule has 9 heteroatoms. The second-order valence-electron chi connectivity index (χ2n) is 16.4. The van der Waals surface area contributed by atoms with Gasteiger partial charge in [0.15, 0.2) is 0 Å². The summed E-state index contributed by atoms with van der Waals surface area (Å²) in [6, 6.07) is -0.887. The van der Waals surface area contributed by atoms with Crippen LogP contribution in [-0.2, 0) is 18.4 Å². The lowest BCUT2D eigenvalue weighted by Gasteiger charge is -2.29. The summed E-state index contributed by atoms with van der Waals surface area (Å²) in [5.41, 5.74) is 0. The fourth-order valence-electron chi connectivity index (χ4n) is 6.14. The first-order chi connectivity index (χ1) is 27.0. The van der Waals surface area contributed by atoms with E-state index >= 15 is 0 Å². The zero-order valence-corrected chi connectivity index (χ0v) is 37.7. The lowest BCUT2D eigenvalue weighted by molar-refractivity contribution is -0.870. The third kappa shape index (κ3) is 40.4. The van der Waals surface area contributed by atoms with Gasteiger partial charge in [-0.1, -0.05) is 177 Å². The lowest BCUT2D eigenvalue weighted by Crippen LogP contribution is -2.45. The Labute approximate surface area is 345 Å². The van der Waals surface area contributed by atoms with Crippen LogP contribution in [0.2, 0.25) is 0 Å². The monoisotopic (exact) mass is 807 g/mol. The molecule has 2 N–H and O–H groups in total. The van der Waals surface area contributed by atoms with Gasteiger partial charge in [0.1, 0.15) is 13.2 Å². The van der Waals surface area contributed by atoms with E-state index in [9.17, 15) is 19.4 Å². The van der Waals surface area contributed by atoms with Crippen LogP contribution < -0.4 is 10.2 Å². The maximum Gasteiger partial charge on any atom is 0.268 e. The average molecular weight is 807 g/mol. The number of rotatable bonds is 40. The minimum atomic E-state index is -4.58. The number of hydrogen-bond acceptors (Lipinski definition) is 6. The summed E-state index contributed by atoms with van der Waals surface area (Å²) in [4.78, 5) is 25.2. The van der Waals surface area contributed by atoms with Crippen molar-refractivity contribution >= 4 is 13.7 Å². The first-order valence-corrected chi connectivity index (χ1v) is 24.1. The summed E-state index contributed by atoms with van der Waals surface area (Å²) in [6.45, 7) is 4.49. The van der Waals surface area contributed by atoms with Crippen LogP contribution >= 0.6 is 7.82 Å². The number of nitrogens with zero attached hydrogens (tertiary/aromatic N) is 1. The number of amides is 1. The first kappa shape index (κ1) is 54.2. The summed E-state index contributed by atoms with van der Waals surface area (Å²) in [7, 11) is 1.25. The number of hydrogen-bond donors (Lipinski definition) is 2. The Morgan fingerprint density at radius 2 is 1.09 bits per heavy atom. The Morgan fingerprint density at radius 1 is 0.643 bits per heavy atom. The van der Waals surface area contributed by atoms with Gasteiger partial charge in [-0.3, -0.25) is 9.36 Å². The molecule has 0 saturated heterocycles. The average Bonchev–Trinajstić information content (AvgIpc) is 3.15. The molecular formula is C47H87N2O6P. The maximum absolute atomic E-state index is 12.8. The summed E-state index contributed by atoms with van der Waals surface area (Å²) >= 11 is 0. The number of allylic oxidation sites excluding steroid dienone is 9. The van der Waals surface area contributed by atoms with Crippen LogP contribution in [0.4, 0.5) is 0 Å². The highest BCUT2D eigenvalue weighted by Gasteiger charge is 2.23. The molecule has 0 spiro atoms. The Hall–Kier alpha value is -1.80. The van der Waals surface area contributed by atoms with Gasteiger partial charge >= 0.3 is 0 Å². The van der Waals surface area contributed by atoms with Crippen LogP contribution in [0, 0.1) is 0 Å². The molecule has 0 heterocycles. The Bertz CT molecular complexity index is 1100. The van der Waals surface area contributed by atoms with E-state index in [-0.39, 0.29) is 19.1 Å². The van der Waals surface area contributed by atoms with E-state index in [1.807, 2.05) is 27.2 Å². The van der Waals surface area contributed by atoms with Crippen LogP contribution in [0.25, 0.3) is 0 Å². The van der Waals surface area contributed by atoms with Crippen LogP contribution in [-0.4, -0.2) is 68.5 Å². The van der Waals surface area contributed by atoms with Crippen molar-refractivity contribution in [2.75, 3.05) is 40.9 Å². The third-order valence-electron chi connectivity index (χ3n) is 9.73. The second kappa shape index (κ2) is 38.7. The number of carbonyl (C=O) groups is 1. The van der Waals surface area contributed by atoms with Gasteiger partial charge in [-0.15, -0.1) is 0 Å². The predicted molar refractivity (Wildman–Crippen MR) is 237 cm³/mol. The Kier molecular flexibility index (Phi) is 37.5. The molecule has 0 aliphatic heterocycles. The molecule has 3 atom stereocenters. The van der Waals surface area contributed by atoms with Crippen molar-refractivity contribution in [3.05, 3.63) is 60.8 Å². The Morgan fingerprint density at radius 3 is 1.59 bits per heavy atom. The molecule has 1 amide bonds. The highest BCUT2D eigenvalue weighted by Crippen LogP contribution is 2.38. The summed E-state index contributed by atoms with van der Waals surface area (Å²) in [5, 5.41) is 13.7. The molecule has 0 aliphatic carbocycles. The number of aliphatic hydroxyl groups is 1. The van der Waals surface area contributed by atoms with E-state index in [2.05, 4.69) is 67.8 Å². The predicted octanol–water partition coefficient (Wildman–Crippen LogP) is 12.0. The first-order valence-electron chi connectivity index (χ1n) is 22.7. The fraction of sp³-hybridized carbons (Fsp3) is 0.766. The van der Waals surface area contributed by atoms with Crippen LogP contribution in [0.1, 0.15) is 181 Å². The molecule has 3 unspecified atom stereocenters. The molecule has 0 rings (SSSR count). The zero-order valence-electron chi connectivity index (χ0n) is 36.8. The number of phosphoric ester groups is 1. The van der Waals surface area contributed by atoms with Crippen molar-refractivity contribution < 1.29 is 32.9 Å². The summed E-state index contributed by atoms with van der Waals surface area (Å²) in [5.74, 6) is -0.205. The quantitative estimate of drug-likeness (QED) is 0.0276. The normalized spacial score (nSPS) is 14.9. The minimum Gasteiger partial charge on any atom is -0.756 e. The van der Waals surface area contributed by atoms with Gasteiger partial charge in [0.2, 0.25) is 5.91 Å². The van der Waals surface area contributed by atoms with Crippen LogP contribution in [0.3, 0.4) is 0 Å². The maximum atomic E-state index is 12.8. The van der Waals surface area contributed by atoms with Gasteiger partial charge < -0.3 is 28.8 Å². The Balaban J connectivity index is 4.19. The van der Waals surface area contributed by atoms with Crippen molar-refractivity contribution in [2.24, 2.45) is 0 Å². The number of carbonyl (C=O) groups excluding carboxylic acids is 1. The van der Waals surface area contributed by atoms with Crippen molar-refractivity contribution in [1.82, 2.24) is 5.32 Å². The minimum absolute atomic E-state index is 0.00356. The largest absolute Gasteiger partial charge is 0.756 e. The molecule has 8 nitrogen and oxygen atoms in total. The number of aliphatic hydroxyl groups excluding tert-OH is 1. The number of nitrogens with one attached hydrogen (secondary N) is 1. The number of likely N-dealkylation sites (N-methyl/N-ethyl adjacent to an activating group) is 1. The van der Waals surface area contributed by atoms with Crippen molar-refractivity contribution in [3.63, 3.8) is 0 Å². The van der Waals surface area contributed by atoms with E-state index in [1.165, 1.54) is 96.3 Å². The highest BCUT2D eigenvalue weighted by atomic mass is 31.2. The fourth-order valence-corrected chi connectivity index (χ4v) is 6.87. The van der Waals surface area contributed by atoms with Gasteiger partial charge in [0, 0.05) is 6.42 Å². The van der Waals surface area contributed by atoms with E-state index in [0.717, 1.165) is 64.2 Å². The molecule has 0 bridgehead atoms. The van der Waals surface area contributed by atoms with Crippen molar-refractivity contribution in [1.29, 1.82) is 0 Å². The van der Waals surface area contributed by atoms with E-state index in [0.29, 0.717) is 17.4 Å². The topological polar surface area (TPSA) is 108 Å². The summed E-state index contributed by atoms with van der Waals surface area (Å²) in [6.07, 6.45) is 49.9. The highest BCUT2D eigenvalue weighted by molar-refractivity contribution is 7.45. The summed E-state index contributed by atoms with van der Waals surface area (Å²) < 4.78 is 23.1. The van der Waals surface area contributed by atoms with Gasteiger partial charge in [0.25, 0.3) is 7.82 Å². The molecule has 0 aromatic heterocycles. The van der Waals surface area contributed by atoms with Gasteiger partial charge in [0.05, 0.1) is 39.9 Å². The van der Waals surface area contributed by atoms with Gasteiger partial charge in [-0.05, 0) is 57.8 Å². The third-order valence-corrected chi connectivity index (χ3v) is 10.7. The number of unbranched alkanes of at least 4 members (excludes halogenated alkanes) is 19. The molecule has 0 aromatic rings. The standard InChI is InChI=1S/C47H87N2O6P/c1-6-8-10-12-14-16-17-18-19-20-21-22-23-24-25-26-27-28-29-30-31-33-35-37-39-41-47(51)48-45(44-55-56(52,53)54-43-42-49(3,4)5)46(50)40-38-36-34-32-15-13-11-9-7-2/h8,10,14,16,18-19,21-22,38,40,45-46,50H,6-7,9,11-13,15,17,20,23-37,39,41-44H2,1-5H3,(H-,48,51,52,53)/b10-8-,16-14-,19-18-,22-21-,40-38+. The molecule has 0 fully saturated rings. The smallest absolute Gasteiger partial charge is 0.268 e. The lowest BCUT2D eigenvalue weighted by atomic mass is 10.0. The van der Waals surface area contributed by atoms with E-state index in [1.54, 1.807) is 6.08 Å². The van der Waals surface area contributed by atoms with Crippen LogP contribution in [0.15, 0.2) is 60.8 Å². The zero-order chi connectivity index (χ0) is 41.4. The van der Waals surface area contributed by atoms with Gasteiger partial charge in [-0.25, -0.2) is 0 Å². The molecule has 0 radical (unpaired) electrons. The molecule has 326 valence electrons. The van der Waals surface area contributed by atoms with E-state index in [4.69, 9.17) is 9.05 Å². The van der Waals surface area contributed by atoms with Crippen LogP contribution in [0.5, 0.6) is 0 Å². The van der Waals surface area contributed by atoms with E-state index < -0.39 is 20.0 Å². The molecular weight excluding hydrogens is 719 g/mol. The molecule has 0 aliphatic rings. The second-order valence-corrected chi connectivity index (χ2v) is 17.8. The molecule has 56 heavy (non-hydrogen) atoms. The van der Waals surface area contributed by atoms with Crippen molar-refractivity contribution in [3.8, 4) is 0 Å². The van der Waals surface area contributed by atoms with Crippen molar-refractivity contribution in [2.45, 2.75) is 193 Å². The SMILES string of the molecule is CC/C=C\C/C=C\C/C=C\C/C=C\CCCCCCCCCCCCCCC(=O)NC(COP(=O)([O-])OCC[N+](C)(C)C)C(O)/C=C/CCCCCCCCC.